The van der Waals surface area contributed by atoms with Crippen LogP contribution in [-0.4, -0.2) is 63.0 Å². The molecule has 3 heterocycles. The van der Waals surface area contributed by atoms with Crippen LogP contribution in [0.4, 0.5) is 5.82 Å². The lowest BCUT2D eigenvalue weighted by molar-refractivity contribution is -0.195. The summed E-state index contributed by atoms with van der Waals surface area (Å²) >= 11 is 0. The van der Waals surface area contributed by atoms with Crippen LogP contribution in [0, 0.1) is 6.92 Å². The van der Waals surface area contributed by atoms with Gasteiger partial charge in [0.1, 0.15) is 17.7 Å². The number of carbonyl (C=O) groups excluding carboxylic acids is 1. The number of phenols is 1. The van der Waals surface area contributed by atoms with Gasteiger partial charge in [0, 0.05) is 31.5 Å². The Morgan fingerprint density at radius 3 is 2.73 bits per heavy atom. The van der Waals surface area contributed by atoms with Gasteiger partial charge >= 0.3 is 0 Å². The van der Waals surface area contributed by atoms with Gasteiger partial charge in [-0.25, -0.2) is 4.98 Å². The number of aliphatic hydroxyl groups excluding tert-OH is 1. The molecule has 0 aliphatic carbocycles. The molecule has 8 nitrogen and oxygen atoms in total. The van der Waals surface area contributed by atoms with Crippen molar-refractivity contribution < 1.29 is 19.7 Å². The third-order valence-corrected chi connectivity index (χ3v) is 6.30. The predicted octanol–water partition coefficient (Wildman–Crippen LogP) is 1.80. The number of rotatable bonds is 3. The Morgan fingerprint density at radius 2 is 2.03 bits per heavy atom. The van der Waals surface area contributed by atoms with Gasteiger partial charge in [0.2, 0.25) is 0 Å². The Morgan fingerprint density at radius 1 is 1.27 bits per heavy atom. The van der Waals surface area contributed by atoms with Gasteiger partial charge < -0.3 is 25.2 Å². The molecule has 0 bridgehead atoms. The minimum absolute atomic E-state index is 0.0309. The first-order valence-electron chi connectivity index (χ1n) is 10.3. The monoisotopic (exact) mass is 412 g/mol. The number of nitrogens with one attached hydrogen (secondary N) is 1. The van der Waals surface area contributed by atoms with Crippen LogP contribution in [0.3, 0.4) is 0 Å². The van der Waals surface area contributed by atoms with Crippen molar-refractivity contribution in [3.63, 3.8) is 0 Å². The fourth-order valence-electron chi connectivity index (χ4n) is 4.51. The molecule has 1 aromatic carbocycles. The molecule has 30 heavy (non-hydrogen) atoms. The van der Waals surface area contributed by atoms with Crippen molar-refractivity contribution in [3.05, 3.63) is 47.9 Å². The zero-order valence-electron chi connectivity index (χ0n) is 17.3. The summed E-state index contributed by atoms with van der Waals surface area (Å²) in [6, 6.07) is 6.20. The van der Waals surface area contributed by atoms with Crippen LogP contribution < -0.4 is 10.2 Å². The zero-order chi connectivity index (χ0) is 21.4. The number of amides is 1. The zero-order valence-corrected chi connectivity index (χ0v) is 17.3. The van der Waals surface area contributed by atoms with Crippen LogP contribution in [0.15, 0.2) is 36.7 Å². The predicted molar refractivity (Wildman–Crippen MR) is 112 cm³/mol. The summed E-state index contributed by atoms with van der Waals surface area (Å²) in [5.41, 5.74) is -0.320. The number of benzene rings is 1. The number of aromatic hydroxyl groups is 1. The first kappa shape index (κ1) is 20.6. The van der Waals surface area contributed by atoms with Crippen LogP contribution in [-0.2, 0) is 4.74 Å². The van der Waals surface area contributed by atoms with Crippen LogP contribution in [0.25, 0.3) is 0 Å². The minimum Gasteiger partial charge on any atom is -0.508 e. The number of carbonyl (C=O) groups is 1. The highest BCUT2D eigenvalue weighted by molar-refractivity contribution is 5.95. The number of phenolic OH excluding ortho intramolecular Hbond substituents is 1. The minimum atomic E-state index is -0.856. The molecule has 2 saturated heterocycles. The van der Waals surface area contributed by atoms with E-state index in [4.69, 9.17) is 4.74 Å². The number of anilines is 1. The molecule has 8 heteroatoms. The van der Waals surface area contributed by atoms with Crippen molar-refractivity contribution >= 4 is 11.7 Å². The van der Waals surface area contributed by atoms with E-state index in [1.54, 1.807) is 24.5 Å². The average molecular weight is 412 g/mol. The maximum absolute atomic E-state index is 12.8. The third kappa shape index (κ3) is 3.85. The number of aliphatic hydroxyl groups is 1. The highest BCUT2D eigenvalue weighted by atomic mass is 16.5. The number of piperidine rings is 1. The largest absolute Gasteiger partial charge is 0.508 e. The summed E-state index contributed by atoms with van der Waals surface area (Å²) < 4.78 is 6.12. The van der Waals surface area contributed by atoms with E-state index in [0.717, 1.165) is 11.5 Å². The highest BCUT2D eigenvalue weighted by Gasteiger charge is 2.54. The van der Waals surface area contributed by atoms with Gasteiger partial charge in [-0.3, -0.25) is 9.78 Å². The number of aryl methyl sites for hydroxylation is 1. The van der Waals surface area contributed by atoms with Gasteiger partial charge in [0.05, 0.1) is 23.0 Å². The maximum atomic E-state index is 12.8. The van der Waals surface area contributed by atoms with E-state index in [9.17, 15) is 15.0 Å². The highest BCUT2D eigenvalue weighted by Crippen LogP contribution is 2.40. The number of ether oxygens (including phenoxy) is 1. The van der Waals surface area contributed by atoms with Crippen LogP contribution >= 0.6 is 0 Å². The van der Waals surface area contributed by atoms with Crippen molar-refractivity contribution in [3.8, 4) is 5.75 Å². The number of nitrogens with zero attached hydrogens (tertiary/aromatic N) is 3. The van der Waals surface area contributed by atoms with Crippen molar-refractivity contribution in [2.24, 2.45) is 0 Å². The fourth-order valence-corrected chi connectivity index (χ4v) is 4.51. The second-order valence-electron chi connectivity index (χ2n) is 8.49. The molecular weight excluding hydrogens is 384 g/mol. The van der Waals surface area contributed by atoms with Crippen molar-refractivity contribution in [1.29, 1.82) is 0 Å². The normalized spacial score (nSPS) is 25.8. The summed E-state index contributed by atoms with van der Waals surface area (Å²) in [7, 11) is 0. The van der Waals surface area contributed by atoms with Crippen molar-refractivity contribution in [2.75, 3.05) is 24.6 Å². The lowest BCUT2D eigenvalue weighted by Gasteiger charge is -2.53. The summed E-state index contributed by atoms with van der Waals surface area (Å²) in [4.78, 5) is 23.7. The molecule has 2 aliphatic rings. The summed E-state index contributed by atoms with van der Waals surface area (Å²) in [6.45, 7) is 5.60. The molecule has 2 aliphatic heterocycles. The van der Waals surface area contributed by atoms with E-state index >= 15 is 0 Å². The van der Waals surface area contributed by atoms with Gasteiger partial charge in [-0.05, 0) is 51.3 Å². The molecule has 0 unspecified atom stereocenters. The molecule has 160 valence electrons. The van der Waals surface area contributed by atoms with Crippen LogP contribution in [0.5, 0.6) is 5.75 Å². The van der Waals surface area contributed by atoms with E-state index in [2.05, 4.69) is 20.2 Å². The van der Waals surface area contributed by atoms with E-state index < -0.39 is 17.2 Å². The number of hydrogen-bond donors (Lipinski definition) is 3. The molecular formula is C22H28N4O4. The maximum Gasteiger partial charge on any atom is 0.251 e. The second kappa shape index (κ2) is 7.85. The molecule has 0 saturated carbocycles. The quantitative estimate of drug-likeness (QED) is 0.705. The topological polar surface area (TPSA) is 108 Å². The summed E-state index contributed by atoms with van der Waals surface area (Å²) in [6.07, 6.45) is 4.38. The Hall–Kier alpha value is -2.71. The third-order valence-electron chi connectivity index (χ3n) is 6.30. The van der Waals surface area contributed by atoms with E-state index in [-0.39, 0.29) is 11.7 Å². The lowest BCUT2D eigenvalue weighted by atomic mass is 9.73. The van der Waals surface area contributed by atoms with Crippen LogP contribution in [0.1, 0.15) is 42.2 Å². The Kier molecular flexibility index (Phi) is 5.38. The van der Waals surface area contributed by atoms with Gasteiger partial charge in [-0.1, -0.05) is 6.07 Å². The molecule has 2 atom stereocenters. The second-order valence-corrected chi connectivity index (χ2v) is 8.49. The molecule has 2 fully saturated rings. The number of aromatic nitrogens is 2. The van der Waals surface area contributed by atoms with Gasteiger partial charge in [0.25, 0.3) is 5.91 Å². The van der Waals surface area contributed by atoms with E-state index in [1.807, 2.05) is 13.8 Å². The molecule has 1 aromatic heterocycles. The Labute approximate surface area is 175 Å². The summed E-state index contributed by atoms with van der Waals surface area (Å²) in [5.74, 6) is 0.537. The van der Waals surface area contributed by atoms with Gasteiger partial charge in [-0.15, -0.1) is 0 Å². The van der Waals surface area contributed by atoms with Gasteiger partial charge in [-0.2, -0.15) is 0 Å². The fraction of sp³-hybridized carbons (Fsp3) is 0.500. The van der Waals surface area contributed by atoms with Crippen LogP contribution in [0.2, 0.25) is 0 Å². The SMILES string of the molecule is Cc1cncc(N2CCC3(CC2)OCC[C@@](C)(NC(=O)c2cccc(O)c2)[C@@H]3O)n1. The van der Waals surface area contributed by atoms with Crippen molar-refractivity contribution in [1.82, 2.24) is 15.3 Å². The number of hydrogen-bond acceptors (Lipinski definition) is 7. The van der Waals surface area contributed by atoms with E-state index in [1.165, 1.54) is 12.1 Å². The Bertz CT molecular complexity index is 929. The molecule has 3 N–H and O–H groups in total. The lowest BCUT2D eigenvalue weighted by Crippen LogP contribution is -2.69. The average Bonchev–Trinajstić information content (AvgIpc) is 2.73. The molecule has 4 rings (SSSR count). The Balaban J connectivity index is 1.47. The van der Waals surface area contributed by atoms with Gasteiger partial charge in [0.15, 0.2) is 0 Å². The summed E-state index contributed by atoms with van der Waals surface area (Å²) in [5, 5.41) is 24.0. The standard InChI is InChI=1S/C22H28N4O4/c1-15-13-23-14-18(24-15)26-9-6-22(7-10-26)20(29)21(2,8-11-30-22)25-19(28)16-4-3-5-17(27)12-16/h3-5,12-14,20,27,29H,6-11H2,1-2H3,(H,25,28)/t20-,21+/m0/s1. The smallest absolute Gasteiger partial charge is 0.251 e. The molecule has 1 spiro atoms. The first-order chi connectivity index (χ1) is 14.3. The molecule has 1 amide bonds. The first-order valence-corrected chi connectivity index (χ1v) is 10.3. The molecule has 0 radical (unpaired) electrons. The van der Waals surface area contributed by atoms with Crippen molar-refractivity contribution in [2.45, 2.75) is 50.4 Å². The molecule has 2 aromatic rings. The van der Waals surface area contributed by atoms with E-state index in [0.29, 0.717) is 44.5 Å².